The van der Waals surface area contributed by atoms with E-state index >= 15 is 0 Å². The zero-order chi connectivity index (χ0) is 22.9. The highest BCUT2D eigenvalue weighted by molar-refractivity contribution is 7.14. The highest BCUT2D eigenvalue weighted by atomic mass is 32.1. The predicted molar refractivity (Wildman–Crippen MR) is 127 cm³/mol. The van der Waals surface area contributed by atoms with Crippen molar-refractivity contribution in [2.24, 2.45) is 0 Å². The molecule has 0 saturated heterocycles. The second-order valence-electron chi connectivity index (χ2n) is 8.45. The fourth-order valence-electron chi connectivity index (χ4n) is 3.96. The number of amides is 2. The highest BCUT2D eigenvalue weighted by Crippen LogP contribution is 2.42. The maximum Gasteiger partial charge on any atom is 0.236 e. The Balaban J connectivity index is 1.36. The molecule has 7 heteroatoms. The Morgan fingerprint density at radius 3 is 2.59 bits per heavy atom. The SMILES string of the molecule is CN1C(=O)C(C)(C)c2cc(-c3csc(NC(=O)CCCC(=O)c4ccccc4)n3)ccc21. The molecule has 2 heterocycles. The van der Waals surface area contributed by atoms with Gasteiger partial charge in [-0.15, -0.1) is 11.3 Å². The van der Waals surface area contributed by atoms with E-state index in [2.05, 4.69) is 10.3 Å². The first-order chi connectivity index (χ1) is 15.3. The number of rotatable bonds is 7. The van der Waals surface area contributed by atoms with Crippen LogP contribution in [0.2, 0.25) is 0 Å². The Bertz CT molecular complexity index is 1180. The number of nitrogens with zero attached hydrogens (tertiary/aromatic N) is 2. The van der Waals surface area contributed by atoms with E-state index in [1.54, 1.807) is 24.1 Å². The topological polar surface area (TPSA) is 79.4 Å². The summed E-state index contributed by atoms with van der Waals surface area (Å²) in [5.41, 5.74) is 3.64. The van der Waals surface area contributed by atoms with Crippen LogP contribution in [0, 0.1) is 0 Å². The van der Waals surface area contributed by atoms with Gasteiger partial charge in [0.05, 0.1) is 11.1 Å². The fraction of sp³-hybridized carbons (Fsp3) is 0.280. The molecule has 1 aliphatic heterocycles. The molecule has 164 valence electrons. The molecule has 2 amide bonds. The van der Waals surface area contributed by atoms with Crippen molar-refractivity contribution in [3.05, 3.63) is 65.0 Å². The van der Waals surface area contributed by atoms with Crippen molar-refractivity contribution < 1.29 is 14.4 Å². The van der Waals surface area contributed by atoms with Crippen molar-refractivity contribution >= 4 is 39.8 Å². The number of ketones is 1. The van der Waals surface area contributed by atoms with Crippen molar-refractivity contribution in [2.45, 2.75) is 38.5 Å². The molecule has 6 nitrogen and oxygen atoms in total. The third kappa shape index (κ3) is 4.21. The minimum absolute atomic E-state index is 0.0404. The summed E-state index contributed by atoms with van der Waals surface area (Å²) >= 11 is 1.36. The minimum Gasteiger partial charge on any atom is -0.314 e. The molecule has 0 atom stereocenters. The number of benzene rings is 2. The number of aromatic nitrogens is 1. The minimum atomic E-state index is -0.579. The number of anilines is 2. The van der Waals surface area contributed by atoms with Crippen molar-refractivity contribution in [3.8, 4) is 11.3 Å². The molecule has 4 rings (SSSR count). The molecule has 1 aliphatic rings. The third-order valence-corrected chi connectivity index (χ3v) is 6.58. The first-order valence-corrected chi connectivity index (χ1v) is 11.4. The Morgan fingerprint density at radius 1 is 1.09 bits per heavy atom. The van der Waals surface area contributed by atoms with Crippen LogP contribution in [-0.4, -0.2) is 29.6 Å². The number of Topliss-reactive ketones (excluding diaryl/α,β-unsaturated/α-hetero) is 1. The smallest absolute Gasteiger partial charge is 0.236 e. The van der Waals surface area contributed by atoms with Crippen molar-refractivity contribution in [2.75, 3.05) is 17.3 Å². The number of carbonyl (C=O) groups is 3. The summed E-state index contributed by atoms with van der Waals surface area (Å²) in [5.74, 6) is -0.0470. The average molecular weight is 448 g/mol. The van der Waals surface area contributed by atoms with E-state index in [1.807, 2.05) is 55.6 Å². The maximum atomic E-state index is 12.5. The summed E-state index contributed by atoms with van der Waals surface area (Å²) in [6.45, 7) is 3.85. The quantitative estimate of drug-likeness (QED) is 0.514. The van der Waals surface area contributed by atoms with Gasteiger partial charge in [0.25, 0.3) is 0 Å². The first-order valence-electron chi connectivity index (χ1n) is 10.5. The molecule has 1 N–H and O–H groups in total. The Morgan fingerprint density at radius 2 is 1.84 bits per heavy atom. The monoisotopic (exact) mass is 447 g/mol. The average Bonchev–Trinajstić information content (AvgIpc) is 3.32. The number of thiazole rings is 1. The number of nitrogens with one attached hydrogen (secondary N) is 1. The van der Waals surface area contributed by atoms with E-state index in [0.29, 0.717) is 23.5 Å². The van der Waals surface area contributed by atoms with Gasteiger partial charge in [-0.2, -0.15) is 0 Å². The van der Waals surface area contributed by atoms with Crippen LogP contribution in [0.25, 0.3) is 11.3 Å². The van der Waals surface area contributed by atoms with Gasteiger partial charge in [0.15, 0.2) is 10.9 Å². The van der Waals surface area contributed by atoms with Gasteiger partial charge in [-0.05, 0) is 38.0 Å². The zero-order valence-electron chi connectivity index (χ0n) is 18.3. The van der Waals surface area contributed by atoms with Crippen molar-refractivity contribution in [1.82, 2.24) is 4.98 Å². The first kappa shape index (κ1) is 21.9. The molecular weight excluding hydrogens is 422 g/mol. The van der Waals surface area contributed by atoms with Crippen LogP contribution < -0.4 is 10.2 Å². The molecular formula is C25H25N3O3S. The van der Waals surface area contributed by atoms with Crippen LogP contribution in [0.1, 0.15) is 49.0 Å². The van der Waals surface area contributed by atoms with Gasteiger partial charge >= 0.3 is 0 Å². The van der Waals surface area contributed by atoms with Gasteiger partial charge < -0.3 is 10.2 Å². The Labute approximate surface area is 191 Å². The molecule has 0 fully saturated rings. The largest absolute Gasteiger partial charge is 0.314 e. The van der Waals surface area contributed by atoms with Crippen molar-refractivity contribution in [3.63, 3.8) is 0 Å². The van der Waals surface area contributed by atoms with Gasteiger partial charge in [0.2, 0.25) is 11.8 Å². The molecule has 0 bridgehead atoms. The Kier molecular flexibility index (Phi) is 5.93. The molecule has 32 heavy (non-hydrogen) atoms. The molecule has 0 unspecified atom stereocenters. The second-order valence-corrected chi connectivity index (χ2v) is 9.31. The lowest BCUT2D eigenvalue weighted by Crippen LogP contribution is -2.33. The maximum absolute atomic E-state index is 12.5. The van der Waals surface area contributed by atoms with E-state index in [4.69, 9.17) is 0 Å². The molecule has 0 saturated carbocycles. The van der Waals surface area contributed by atoms with Crippen LogP contribution >= 0.6 is 11.3 Å². The van der Waals surface area contributed by atoms with Crippen LogP contribution in [0.4, 0.5) is 10.8 Å². The fourth-order valence-corrected chi connectivity index (χ4v) is 4.69. The van der Waals surface area contributed by atoms with E-state index in [-0.39, 0.29) is 24.0 Å². The van der Waals surface area contributed by atoms with Crippen LogP contribution in [-0.2, 0) is 15.0 Å². The van der Waals surface area contributed by atoms with Gasteiger partial charge in [-0.25, -0.2) is 4.98 Å². The summed E-state index contributed by atoms with van der Waals surface area (Å²) in [5, 5.41) is 5.24. The normalized spacial score (nSPS) is 14.3. The van der Waals surface area contributed by atoms with Gasteiger partial charge in [-0.3, -0.25) is 14.4 Å². The summed E-state index contributed by atoms with van der Waals surface area (Å²) in [6, 6.07) is 15.0. The number of carbonyl (C=O) groups excluding carboxylic acids is 3. The van der Waals surface area contributed by atoms with E-state index in [1.165, 1.54) is 11.3 Å². The lowest BCUT2D eigenvalue weighted by molar-refractivity contribution is -0.121. The van der Waals surface area contributed by atoms with Crippen LogP contribution in [0.5, 0.6) is 0 Å². The third-order valence-electron chi connectivity index (χ3n) is 5.82. The number of hydrogen-bond acceptors (Lipinski definition) is 5. The standard InChI is InChI=1S/C25H25N3O3S/c1-25(2)18-14-17(12-13-20(18)28(3)23(25)31)19-15-32-24(26-19)27-22(30)11-7-10-21(29)16-8-5-4-6-9-16/h4-6,8-9,12-15H,7,10-11H2,1-3H3,(H,26,27,30). The predicted octanol–water partition coefficient (Wildman–Crippen LogP) is 5.06. The lowest BCUT2D eigenvalue weighted by Gasteiger charge is -2.16. The summed E-state index contributed by atoms with van der Waals surface area (Å²) in [4.78, 5) is 43.2. The van der Waals surface area contributed by atoms with E-state index < -0.39 is 5.41 Å². The van der Waals surface area contributed by atoms with Crippen LogP contribution in [0.15, 0.2) is 53.9 Å². The Hall–Kier alpha value is -3.32. The van der Waals surface area contributed by atoms with Crippen LogP contribution in [0.3, 0.4) is 0 Å². The number of likely N-dealkylation sites (N-methyl/N-ethyl adjacent to an activating group) is 1. The van der Waals surface area contributed by atoms with Gasteiger partial charge in [0.1, 0.15) is 0 Å². The number of hydrogen-bond donors (Lipinski definition) is 1. The molecule has 3 aromatic rings. The highest BCUT2D eigenvalue weighted by Gasteiger charge is 2.42. The van der Waals surface area contributed by atoms with E-state index in [9.17, 15) is 14.4 Å². The summed E-state index contributed by atoms with van der Waals surface area (Å²) < 4.78 is 0. The summed E-state index contributed by atoms with van der Waals surface area (Å²) in [7, 11) is 1.79. The molecule has 1 aromatic heterocycles. The van der Waals surface area contributed by atoms with Gasteiger partial charge in [-0.1, -0.05) is 36.4 Å². The molecule has 0 spiro atoms. The van der Waals surface area contributed by atoms with Crippen molar-refractivity contribution in [1.29, 1.82) is 0 Å². The molecule has 2 aromatic carbocycles. The van der Waals surface area contributed by atoms with Gasteiger partial charge in [0, 0.05) is 42.1 Å². The zero-order valence-corrected chi connectivity index (χ0v) is 19.2. The lowest BCUT2D eigenvalue weighted by atomic mass is 9.85. The number of fused-ring (bicyclic) bond motifs is 1. The van der Waals surface area contributed by atoms with E-state index in [0.717, 1.165) is 22.5 Å². The second kappa shape index (κ2) is 8.67. The molecule has 0 radical (unpaired) electrons. The summed E-state index contributed by atoms with van der Waals surface area (Å²) in [6.07, 6.45) is 1.08. The molecule has 0 aliphatic carbocycles.